The van der Waals surface area contributed by atoms with Crippen LogP contribution in [-0.2, 0) is 24.1 Å². The molecule has 0 N–H and O–H groups in total. The van der Waals surface area contributed by atoms with E-state index in [1.54, 1.807) is 29.2 Å². The maximum absolute atomic E-state index is 9.50. The van der Waals surface area contributed by atoms with Crippen LogP contribution in [0.3, 0.4) is 0 Å². The Morgan fingerprint density at radius 1 is 1.24 bits per heavy atom. The lowest BCUT2D eigenvalue weighted by atomic mass is 10.0. The van der Waals surface area contributed by atoms with Crippen molar-refractivity contribution in [2.45, 2.75) is 45.2 Å². The zero-order valence-electron chi connectivity index (χ0n) is 18.8. The molecular weight excluding hydrogens is 418 g/mol. The van der Waals surface area contributed by atoms with Crippen LogP contribution >= 0.6 is 0 Å². The van der Waals surface area contributed by atoms with E-state index >= 15 is 0 Å². The van der Waals surface area contributed by atoms with Crippen molar-refractivity contribution < 1.29 is 4.74 Å². The van der Waals surface area contributed by atoms with Crippen LogP contribution in [0, 0.1) is 11.3 Å². The first-order valence-electron chi connectivity index (χ1n) is 11.5. The molecule has 5 heterocycles. The van der Waals surface area contributed by atoms with Crippen LogP contribution in [0.2, 0.25) is 0 Å². The third kappa shape index (κ3) is 4.42. The van der Waals surface area contributed by atoms with Crippen molar-refractivity contribution in [1.82, 2.24) is 29.5 Å². The van der Waals surface area contributed by atoms with Gasteiger partial charge in [0.15, 0.2) is 17.3 Å². The monoisotopic (exact) mass is 445 g/mol. The molecule has 0 aromatic carbocycles. The van der Waals surface area contributed by atoms with Gasteiger partial charge in [0, 0.05) is 43.9 Å². The van der Waals surface area contributed by atoms with Gasteiger partial charge >= 0.3 is 0 Å². The van der Waals surface area contributed by atoms with Gasteiger partial charge in [-0.15, -0.1) is 5.10 Å². The summed E-state index contributed by atoms with van der Waals surface area (Å²) >= 11 is 0. The molecule has 0 radical (unpaired) electrons. The maximum Gasteiger partial charge on any atom is 0.167 e. The number of hydrogen-bond donors (Lipinski definition) is 0. The predicted molar refractivity (Wildman–Crippen MR) is 123 cm³/mol. The molecule has 1 unspecified atom stereocenters. The summed E-state index contributed by atoms with van der Waals surface area (Å²) in [6.45, 7) is 6.18. The van der Waals surface area contributed by atoms with Gasteiger partial charge in [0.25, 0.3) is 0 Å². The Bertz CT molecular complexity index is 1190. The van der Waals surface area contributed by atoms with Gasteiger partial charge in [-0.25, -0.2) is 24.5 Å². The van der Waals surface area contributed by atoms with E-state index in [4.69, 9.17) is 14.7 Å². The number of fused-ring (bicyclic) bond motifs is 1. The first-order valence-corrected chi connectivity index (χ1v) is 11.5. The molecule has 10 heteroatoms. The molecule has 170 valence electrons. The highest BCUT2D eigenvalue weighted by Crippen LogP contribution is 2.27. The third-order valence-electron chi connectivity index (χ3n) is 6.07. The summed E-state index contributed by atoms with van der Waals surface area (Å²) in [6, 6.07) is 5.81. The second-order valence-corrected chi connectivity index (χ2v) is 8.33. The fourth-order valence-corrected chi connectivity index (χ4v) is 4.43. The molecule has 0 aliphatic carbocycles. The van der Waals surface area contributed by atoms with Gasteiger partial charge in [-0.05, 0) is 18.6 Å². The number of hydrazone groups is 1. The number of aryl methyl sites for hydroxylation is 1. The van der Waals surface area contributed by atoms with Crippen LogP contribution < -0.4 is 5.01 Å². The molecule has 10 nitrogen and oxygen atoms in total. The smallest absolute Gasteiger partial charge is 0.167 e. The number of ether oxygens (including phenoxy) is 1. The maximum atomic E-state index is 9.50. The van der Waals surface area contributed by atoms with E-state index in [0.717, 1.165) is 68.3 Å². The van der Waals surface area contributed by atoms with Crippen molar-refractivity contribution in [3.05, 3.63) is 47.3 Å². The Morgan fingerprint density at radius 2 is 2.12 bits per heavy atom. The highest BCUT2D eigenvalue weighted by molar-refractivity contribution is 5.68. The van der Waals surface area contributed by atoms with Crippen LogP contribution in [0.1, 0.15) is 42.4 Å². The van der Waals surface area contributed by atoms with Crippen molar-refractivity contribution in [2.24, 2.45) is 5.10 Å². The van der Waals surface area contributed by atoms with Crippen molar-refractivity contribution in [2.75, 3.05) is 31.3 Å². The Hall–Kier alpha value is -3.42. The minimum atomic E-state index is 0.0493. The summed E-state index contributed by atoms with van der Waals surface area (Å²) in [5.41, 5.74) is 3.54. The third-order valence-corrected chi connectivity index (χ3v) is 6.07. The molecule has 5 rings (SSSR count). The number of pyridine rings is 1. The minimum absolute atomic E-state index is 0.0493. The number of rotatable bonds is 7. The van der Waals surface area contributed by atoms with Crippen LogP contribution in [0.4, 0.5) is 5.82 Å². The van der Waals surface area contributed by atoms with E-state index < -0.39 is 0 Å². The Labute approximate surface area is 192 Å². The van der Waals surface area contributed by atoms with Crippen LogP contribution in [0.25, 0.3) is 5.65 Å². The standard InChI is InChI=1S/C23H27N9O/c1-2-4-19-20(13-18-6-8-27-32(18)22-17(14-24)5-3-7-25-22)26-16-31-23(19)28-21(29-31)15-30-9-11-33-12-10-30/h3,5,7-8,16,18H,2,4,6,9-13,15H2,1H3. The van der Waals surface area contributed by atoms with E-state index in [0.29, 0.717) is 24.3 Å². The minimum Gasteiger partial charge on any atom is -0.379 e. The van der Waals surface area contributed by atoms with E-state index in [1.807, 2.05) is 11.2 Å². The summed E-state index contributed by atoms with van der Waals surface area (Å²) in [5.74, 6) is 1.40. The van der Waals surface area contributed by atoms with Gasteiger partial charge in [0.05, 0.1) is 37.1 Å². The lowest BCUT2D eigenvalue weighted by Crippen LogP contribution is -2.35. The second kappa shape index (κ2) is 9.60. The van der Waals surface area contributed by atoms with Gasteiger partial charge in [-0.3, -0.25) is 4.90 Å². The summed E-state index contributed by atoms with van der Waals surface area (Å²) in [6.07, 6.45) is 8.68. The number of anilines is 1. The lowest BCUT2D eigenvalue weighted by Gasteiger charge is -2.25. The normalized spacial score (nSPS) is 18.8. The van der Waals surface area contributed by atoms with E-state index in [9.17, 15) is 5.26 Å². The first kappa shape index (κ1) is 21.4. The molecule has 3 aromatic rings. The van der Waals surface area contributed by atoms with Crippen molar-refractivity contribution in [1.29, 1.82) is 5.26 Å². The summed E-state index contributed by atoms with van der Waals surface area (Å²) in [4.78, 5) is 16.4. The zero-order valence-corrected chi connectivity index (χ0v) is 18.8. The first-order chi connectivity index (χ1) is 16.3. The number of morpholine rings is 1. The Morgan fingerprint density at radius 3 is 2.94 bits per heavy atom. The molecule has 2 aliphatic rings. The fourth-order valence-electron chi connectivity index (χ4n) is 4.43. The quantitative estimate of drug-likeness (QED) is 0.543. The average molecular weight is 446 g/mol. The molecule has 0 saturated carbocycles. The molecule has 0 bridgehead atoms. The lowest BCUT2D eigenvalue weighted by molar-refractivity contribution is 0.0331. The van der Waals surface area contributed by atoms with Crippen molar-refractivity contribution in [3.8, 4) is 6.07 Å². The van der Waals surface area contributed by atoms with Crippen molar-refractivity contribution in [3.63, 3.8) is 0 Å². The van der Waals surface area contributed by atoms with Gasteiger partial charge < -0.3 is 4.74 Å². The second-order valence-electron chi connectivity index (χ2n) is 8.33. The molecule has 0 amide bonds. The summed E-state index contributed by atoms with van der Waals surface area (Å²) in [7, 11) is 0. The molecule has 33 heavy (non-hydrogen) atoms. The van der Waals surface area contributed by atoms with Crippen LogP contribution in [0.5, 0.6) is 0 Å². The largest absolute Gasteiger partial charge is 0.379 e. The SMILES string of the molecule is CCCc1c(CC2CC=NN2c2ncccc2C#N)ncn2nc(CN3CCOCC3)nc12. The highest BCUT2D eigenvalue weighted by atomic mass is 16.5. The molecule has 1 fully saturated rings. The molecule has 1 atom stereocenters. The van der Waals surface area contributed by atoms with E-state index in [2.05, 4.69) is 33.1 Å². The van der Waals surface area contributed by atoms with Gasteiger partial charge in [-0.1, -0.05) is 13.3 Å². The Balaban J connectivity index is 1.42. The predicted octanol–water partition coefficient (Wildman–Crippen LogP) is 1.98. The summed E-state index contributed by atoms with van der Waals surface area (Å²) < 4.78 is 7.25. The van der Waals surface area contributed by atoms with Gasteiger partial charge in [0.2, 0.25) is 0 Å². The fraction of sp³-hybridized carbons (Fsp3) is 0.478. The molecule has 1 saturated heterocycles. The molecule has 2 aliphatic heterocycles. The van der Waals surface area contributed by atoms with E-state index in [1.165, 1.54) is 0 Å². The van der Waals surface area contributed by atoms with Crippen molar-refractivity contribution >= 4 is 17.7 Å². The molecule has 0 spiro atoms. The highest BCUT2D eigenvalue weighted by Gasteiger charge is 2.28. The number of nitriles is 1. The molecular formula is C23H27N9O. The zero-order chi connectivity index (χ0) is 22.6. The van der Waals surface area contributed by atoms with Crippen LogP contribution in [0.15, 0.2) is 29.8 Å². The Kier molecular flexibility index (Phi) is 6.24. The molecule has 3 aromatic heterocycles. The topological polar surface area (TPSA) is 108 Å². The average Bonchev–Trinajstić information content (AvgIpc) is 3.48. The van der Waals surface area contributed by atoms with Gasteiger partial charge in [0.1, 0.15) is 12.4 Å². The van der Waals surface area contributed by atoms with Crippen LogP contribution in [-0.4, -0.2) is 68.0 Å². The number of nitrogens with zero attached hydrogens (tertiary/aromatic N) is 9. The number of aromatic nitrogens is 5. The number of hydrogen-bond acceptors (Lipinski definition) is 9. The van der Waals surface area contributed by atoms with Gasteiger partial charge in [-0.2, -0.15) is 10.4 Å². The summed E-state index contributed by atoms with van der Waals surface area (Å²) in [5, 5.41) is 20.6. The van der Waals surface area contributed by atoms with E-state index in [-0.39, 0.29) is 6.04 Å².